The minimum Gasteiger partial charge on any atom is -0.492 e. The molecule has 2 heterocycles. The van der Waals surface area contributed by atoms with E-state index in [2.05, 4.69) is 35.4 Å². The van der Waals surface area contributed by atoms with Crippen LogP contribution in [0.2, 0.25) is 0 Å². The van der Waals surface area contributed by atoms with Gasteiger partial charge in [0, 0.05) is 36.2 Å². The van der Waals surface area contributed by atoms with Crippen LogP contribution in [-0.4, -0.2) is 35.6 Å². The lowest BCUT2D eigenvalue weighted by atomic mass is 10.00. The van der Waals surface area contributed by atoms with Crippen LogP contribution >= 0.6 is 11.8 Å². The van der Waals surface area contributed by atoms with E-state index in [9.17, 15) is 0 Å². The molecular weight excluding hydrogens is 266 g/mol. The van der Waals surface area contributed by atoms with E-state index in [-0.39, 0.29) is 0 Å². The van der Waals surface area contributed by atoms with Crippen LogP contribution in [0.3, 0.4) is 0 Å². The van der Waals surface area contributed by atoms with Crippen molar-refractivity contribution >= 4 is 17.8 Å². The number of hydrogen-bond donors (Lipinski definition) is 0. The second-order valence-electron chi connectivity index (χ2n) is 6.12. The predicted octanol–water partition coefficient (Wildman–Crippen LogP) is 3.52. The molecule has 0 N–H and O–H groups in total. The fourth-order valence-corrected chi connectivity index (χ4v) is 3.62. The van der Waals surface area contributed by atoms with Crippen molar-refractivity contribution in [3.05, 3.63) is 35.4 Å². The number of benzene rings is 1. The molecule has 1 unspecified atom stereocenters. The zero-order valence-electron chi connectivity index (χ0n) is 11.8. The van der Waals surface area contributed by atoms with E-state index in [1.54, 1.807) is 0 Å². The van der Waals surface area contributed by atoms with Gasteiger partial charge in [0.1, 0.15) is 12.4 Å². The molecule has 2 fully saturated rings. The zero-order valence-corrected chi connectivity index (χ0v) is 12.6. The highest BCUT2D eigenvalue weighted by Gasteiger charge is 2.31. The van der Waals surface area contributed by atoms with E-state index >= 15 is 0 Å². The van der Waals surface area contributed by atoms with Crippen molar-refractivity contribution in [2.75, 3.05) is 25.4 Å². The fraction of sp³-hybridized carbons (Fsp3) is 0.529. The Morgan fingerprint density at radius 1 is 1.40 bits per heavy atom. The van der Waals surface area contributed by atoms with Crippen LogP contribution in [0.25, 0.3) is 6.08 Å². The monoisotopic (exact) mass is 287 g/mol. The van der Waals surface area contributed by atoms with Gasteiger partial charge in [-0.2, -0.15) is 11.8 Å². The van der Waals surface area contributed by atoms with Crippen LogP contribution in [0.5, 0.6) is 5.75 Å². The molecule has 2 aliphatic heterocycles. The Bertz CT molecular complexity index is 534. The van der Waals surface area contributed by atoms with Crippen molar-refractivity contribution in [1.82, 2.24) is 4.90 Å². The minimum atomic E-state index is 0.731. The second kappa shape index (κ2) is 5.12. The summed E-state index contributed by atoms with van der Waals surface area (Å²) in [5.41, 5.74) is 4.05. The lowest BCUT2D eigenvalue weighted by Gasteiger charge is -2.18. The van der Waals surface area contributed by atoms with E-state index < -0.39 is 0 Å². The summed E-state index contributed by atoms with van der Waals surface area (Å²) >= 11 is 2.08. The van der Waals surface area contributed by atoms with Gasteiger partial charge in [0.2, 0.25) is 0 Å². The third-order valence-electron chi connectivity index (χ3n) is 4.38. The summed E-state index contributed by atoms with van der Waals surface area (Å²) < 4.78 is 6.13. The summed E-state index contributed by atoms with van der Waals surface area (Å²) in [6.07, 6.45) is 4.61. The molecule has 106 valence electrons. The van der Waals surface area contributed by atoms with Gasteiger partial charge < -0.3 is 4.74 Å². The summed E-state index contributed by atoms with van der Waals surface area (Å²) in [6, 6.07) is 4.56. The van der Waals surface area contributed by atoms with Crippen molar-refractivity contribution in [1.29, 1.82) is 0 Å². The maximum absolute atomic E-state index is 6.13. The average Bonchev–Trinajstić information content (AvgIpc) is 3.30. The van der Waals surface area contributed by atoms with Crippen LogP contribution in [0.4, 0.5) is 0 Å². The van der Waals surface area contributed by atoms with E-state index in [0.29, 0.717) is 0 Å². The molecule has 3 heteroatoms. The zero-order chi connectivity index (χ0) is 13.5. The van der Waals surface area contributed by atoms with Gasteiger partial charge in [0.15, 0.2) is 0 Å². The molecule has 4 rings (SSSR count). The second-order valence-corrected chi connectivity index (χ2v) is 7.45. The largest absolute Gasteiger partial charge is 0.492 e. The Morgan fingerprint density at radius 3 is 2.95 bits per heavy atom. The van der Waals surface area contributed by atoms with Gasteiger partial charge in [0.25, 0.3) is 0 Å². The van der Waals surface area contributed by atoms with E-state index in [0.717, 1.165) is 30.9 Å². The van der Waals surface area contributed by atoms with Crippen molar-refractivity contribution < 1.29 is 4.74 Å². The third-order valence-corrected chi connectivity index (χ3v) is 5.34. The normalized spacial score (nSPS) is 25.5. The summed E-state index contributed by atoms with van der Waals surface area (Å²) in [6.45, 7) is 8.08. The molecule has 1 atom stereocenters. The topological polar surface area (TPSA) is 12.5 Å². The SMILES string of the molecule is C=Cc1cc2c(c(C3CC3)c1)OCCN(CC1CS1)C2. The van der Waals surface area contributed by atoms with Crippen LogP contribution in [0.15, 0.2) is 18.7 Å². The Morgan fingerprint density at radius 2 is 2.25 bits per heavy atom. The molecular formula is C17H21NOS. The van der Waals surface area contributed by atoms with Gasteiger partial charge >= 0.3 is 0 Å². The predicted molar refractivity (Wildman–Crippen MR) is 85.5 cm³/mol. The van der Waals surface area contributed by atoms with Crippen LogP contribution in [0, 0.1) is 0 Å². The molecule has 0 radical (unpaired) electrons. The Kier molecular flexibility index (Phi) is 3.27. The number of rotatable bonds is 4. The molecule has 1 aromatic rings. The van der Waals surface area contributed by atoms with Gasteiger partial charge in [-0.15, -0.1) is 0 Å². The Hall–Kier alpha value is -0.930. The lowest BCUT2D eigenvalue weighted by Crippen LogP contribution is -2.29. The maximum Gasteiger partial charge on any atom is 0.127 e. The number of ether oxygens (including phenoxy) is 1. The molecule has 1 aliphatic carbocycles. The van der Waals surface area contributed by atoms with E-state index in [1.165, 1.54) is 47.6 Å². The van der Waals surface area contributed by atoms with Gasteiger partial charge in [-0.1, -0.05) is 12.7 Å². The summed E-state index contributed by atoms with van der Waals surface area (Å²) in [5.74, 6) is 3.25. The van der Waals surface area contributed by atoms with Gasteiger partial charge in [-0.25, -0.2) is 0 Å². The highest BCUT2D eigenvalue weighted by molar-refractivity contribution is 8.06. The number of thioether (sulfide) groups is 1. The smallest absolute Gasteiger partial charge is 0.127 e. The Labute approximate surface area is 125 Å². The molecule has 3 aliphatic rings. The highest BCUT2D eigenvalue weighted by Crippen LogP contribution is 2.46. The summed E-state index contributed by atoms with van der Waals surface area (Å²) in [4.78, 5) is 2.56. The quantitative estimate of drug-likeness (QED) is 0.786. The molecule has 0 aromatic heterocycles. The van der Waals surface area contributed by atoms with Crippen molar-refractivity contribution in [3.8, 4) is 5.75 Å². The van der Waals surface area contributed by atoms with E-state index in [1.807, 2.05) is 6.08 Å². The van der Waals surface area contributed by atoms with E-state index in [4.69, 9.17) is 4.74 Å². The van der Waals surface area contributed by atoms with Gasteiger partial charge in [-0.05, 0) is 42.0 Å². The molecule has 1 aromatic carbocycles. The number of nitrogens with zero attached hydrogens (tertiary/aromatic N) is 1. The van der Waals surface area contributed by atoms with Gasteiger partial charge in [-0.3, -0.25) is 4.90 Å². The lowest BCUT2D eigenvalue weighted by molar-refractivity contribution is 0.230. The van der Waals surface area contributed by atoms with Crippen LogP contribution < -0.4 is 4.74 Å². The minimum absolute atomic E-state index is 0.731. The summed E-state index contributed by atoms with van der Waals surface area (Å²) in [5, 5.41) is 0.863. The van der Waals surface area contributed by atoms with Crippen molar-refractivity contribution in [2.24, 2.45) is 0 Å². The molecule has 2 nitrogen and oxygen atoms in total. The first-order chi connectivity index (χ1) is 9.83. The first kappa shape index (κ1) is 12.8. The molecule has 0 spiro atoms. The van der Waals surface area contributed by atoms with Crippen LogP contribution in [-0.2, 0) is 6.54 Å². The van der Waals surface area contributed by atoms with Gasteiger partial charge in [0.05, 0.1) is 0 Å². The Balaban J connectivity index is 1.66. The van der Waals surface area contributed by atoms with Crippen molar-refractivity contribution in [2.45, 2.75) is 30.6 Å². The maximum atomic E-state index is 6.13. The molecule has 20 heavy (non-hydrogen) atoms. The highest BCUT2D eigenvalue weighted by atomic mass is 32.2. The number of fused-ring (bicyclic) bond motifs is 1. The number of hydrogen-bond acceptors (Lipinski definition) is 3. The first-order valence-electron chi connectivity index (χ1n) is 7.59. The molecule has 0 bridgehead atoms. The standard InChI is InChI=1S/C17H21NOS/c1-2-12-7-14-9-18(10-15-11-20-15)5-6-19-17(14)16(8-12)13-3-4-13/h2,7-8,13,15H,1,3-6,9-11H2. The third kappa shape index (κ3) is 2.61. The van der Waals surface area contributed by atoms with Crippen LogP contribution in [0.1, 0.15) is 35.4 Å². The summed E-state index contributed by atoms with van der Waals surface area (Å²) in [7, 11) is 0. The average molecular weight is 287 g/mol. The molecule has 1 saturated carbocycles. The first-order valence-corrected chi connectivity index (χ1v) is 8.64. The fourth-order valence-electron chi connectivity index (χ4n) is 3.06. The molecule has 1 saturated heterocycles. The molecule has 0 amide bonds. The van der Waals surface area contributed by atoms with Crippen molar-refractivity contribution in [3.63, 3.8) is 0 Å².